The molecular formula is C26H55Br2N. The Balaban J connectivity index is 0. The minimum absolute atomic E-state index is 0. The number of halogens is 2. The van der Waals surface area contributed by atoms with Gasteiger partial charge in [0.1, 0.15) is 0 Å². The van der Waals surface area contributed by atoms with Gasteiger partial charge >= 0.3 is 0 Å². The van der Waals surface area contributed by atoms with E-state index in [0.717, 1.165) is 5.33 Å². The molecule has 0 aromatic heterocycles. The Morgan fingerprint density at radius 2 is 0.759 bits per heavy atom. The third-order valence-electron chi connectivity index (χ3n) is 6.89. The molecule has 0 spiro atoms. The van der Waals surface area contributed by atoms with Crippen molar-refractivity contribution in [2.75, 3.05) is 31.5 Å². The largest absolute Gasteiger partial charge is 1.00 e. The van der Waals surface area contributed by atoms with Crippen molar-refractivity contribution in [3.8, 4) is 0 Å². The number of rotatable bonds is 23. The summed E-state index contributed by atoms with van der Waals surface area (Å²) in [6.45, 7) is 12.3. The van der Waals surface area contributed by atoms with Crippen molar-refractivity contribution < 1.29 is 21.5 Å². The lowest BCUT2D eigenvalue weighted by molar-refractivity contribution is -0.922. The molecule has 0 unspecified atom stereocenters. The van der Waals surface area contributed by atoms with Crippen molar-refractivity contribution in [1.82, 2.24) is 0 Å². The fourth-order valence-electron chi connectivity index (χ4n) is 4.50. The molecular weight excluding hydrogens is 486 g/mol. The summed E-state index contributed by atoms with van der Waals surface area (Å²) in [6, 6.07) is 0. The van der Waals surface area contributed by atoms with Gasteiger partial charge in [-0.15, -0.1) is 0 Å². The zero-order chi connectivity index (χ0) is 20.8. The maximum Gasteiger partial charge on any atom is 0.0884 e. The van der Waals surface area contributed by atoms with Crippen molar-refractivity contribution in [1.29, 1.82) is 0 Å². The van der Waals surface area contributed by atoms with Gasteiger partial charge in [0.15, 0.2) is 0 Å². The van der Waals surface area contributed by atoms with Gasteiger partial charge in [0.25, 0.3) is 0 Å². The molecule has 0 N–H and O–H groups in total. The first-order valence-electron chi connectivity index (χ1n) is 13.2. The maximum atomic E-state index is 3.65. The molecule has 0 heterocycles. The lowest BCUT2D eigenvalue weighted by atomic mass is 10.0. The molecule has 0 aliphatic carbocycles. The summed E-state index contributed by atoms with van der Waals surface area (Å²) >= 11 is 3.65. The molecule has 0 rings (SSSR count). The highest BCUT2D eigenvalue weighted by Crippen LogP contribution is 2.15. The van der Waals surface area contributed by atoms with Crippen molar-refractivity contribution in [3.05, 3.63) is 0 Å². The third kappa shape index (κ3) is 20.6. The van der Waals surface area contributed by atoms with Crippen LogP contribution >= 0.6 is 15.9 Å². The molecule has 1 nitrogen and oxygen atoms in total. The molecule has 0 aromatic carbocycles. The van der Waals surface area contributed by atoms with Crippen LogP contribution in [0.3, 0.4) is 0 Å². The fourth-order valence-corrected chi connectivity index (χ4v) is 5.25. The van der Waals surface area contributed by atoms with E-state index in [9.17, 15) is 0 Å². The van der Waals surface area contributed by atoms with Crippen LogP contribution in [0.4, 0.5) is 0 Å². The second kappa shape index (κ2) is 25.2. The van der Waals surface area contributed by atoms with Crippen LogP contribution in [0.5, 0.6) is 0 Å². The van der Waals surface area contributed by atoms with E-state index in [4.69, 9.17) is 0 Å². The third-order valence-corrected chi connectivity index (χ3v) is 7.24. The van der Waals surface area contributed by atoms with Crippen LogP contribution in [0.15, 0.2) is 0 Å². The average Bonchev–Trinajstić information content (AvgIpc) is 2.72. The van der Waals surface area contributed by atoms with E-state index in [-0.39, 0.29) is 17.0 Å². The number of alkyl halides is 1. The molecule has 0 saturated heterocycles. The van der Waals surface area contributed by atoms with E-state index in [2.05, 4.69) is 36.7 Å². The van der Waals surface area contributed by atoms with Crippen LogP contribution in [0.1, 0.15) is 136 Å². The Kier molecular flexibility index (Phi) is 27.9. The molecule has 0 saturated carbocycles. The second-order valence-electron chi connectivity index (χ2n) is 9.12. The summed E-state index contributed by atoms with van der Waals surface area (Å²) in [5, 5.41) is 1.15. The van der Waals surface area contributed by atoms with Gasteiger partial charge in [-0.05, 0) is 26.7 Å². The Morgan fingerprint density at radius 3 is 1.03 bits per heavy atom. The van der Waals surface area contributed by atoms with E-state index in [1.807, 2.05) is 0 Å². The van der Waals surface area contributed by atoms with Gasteiger partial charge in [0.2, 0.25) is 0 Å². The van der Waals surface area contributed by atoms with E-state index < -0.39 is 0 Å². The van der Waals surface area contributed by atoms with Crippen LogP contribution in [-0.2, 0) is 0 Å². The number of hydrogen-bond acceptors (Lipinski definition) is 0. The first-order valence-corrected chi connectivity index (χ1v) is 14.3. The van der Waals surface area contributed by atoms with Crippen LogP contribution in [0, 0.1) is 0 Å². The molecule has 0 bridgehead atoms. The van der Waals surface area contributed by atoms with E-state index in [0.29, 0.717) is 0 Å². The van der Waals surface area contributed by atoms with Crippen LogP contribution in [0.25, 0.3) is 0 Å². The van der Waals surface area contributed by atoms with Crippen molar-refractivity contribution in [2.24, 2.45) is 0 Å². The zero-order valence-electron chi connectivity index (χ0n) is 20.5. The molecule has 0 aliphatic heterocycles. The summed E-state index contributed by atoms with van der Waals surface area (Å²) in [5.74, 6) is 0. The maximum absolute atomic E-state index is 3.65. The molecule has 0 fully saturated rings. The highest BCUT2D eigenvalue weighted by atomic mass is 79.9. The summed E-state index contributed by atoms with van der Waals surface area (Å²) in [7, 11) is 0. The minimum atomic E-state index is 0. The average molecular weight is 542 g/mol. The van der Waals surface area contributed by atoms with E-state index in [1.165, 1.54) is 146 Å². The molecule has 0 amide bonds. The van der Waals surface area contributed by atoms with Gasteiger partial charge < -0.3 is 21.5 Å². The Morgan fingerprint density at radius 1 is 0.448 bits per heavy atom. The second-order valence-corrected chi connectivity index (χ2v) is 9.91. The fraction of sp³-hybridized carbons (Fsp3) is 1.00. The van der Waals surface area contributed by atoms with Gasteiger partial charge in [0.05, 0.1) is 31.5 Å². The first kappa shape index (κ1) is 32.1. The predicted molar refractivity (Wildman–Crippen MR) is 134 cm³/mol. The molecule has 0 radical (unpaired) electrons. The van der Waals surface area contributed by atoms with Crippen molar-refractivity contribution in [2.45, 2.75) is 136 Å². The van der Waals surface area contributed by atoms with E-state index >= 15 is 0 Å². The Bertz CT molecular complexity index is 292. The Hall–Kier alpha value is 0.920. The first-order chi connectivity index (χ1) is 13.7. The molecule has 0 atom stereocenters. The van der Waals surface area contributed by atoms with Gasteiger partial charge in [-0.1, -0.05) is 126 Å². The molecule has 3 heteroatoms. The summed E-state index contributed by atoms with van der Waals surface area (Å²) < 4.78 is 1.31. The van der Waals surface area contributed by atoms with Crippen LogP contribution < -0.4 is 17.0 Å². The van der Waals surface area contributed by atoms with Crippen LogP contribution in [-0.4, -0.2) is 36.0 Å². The monoisotopic (exact) mass is 539 g/mol. The predicted octanol–water partition coefficient (Wildman–Crippen LogP) is 6.28. The lowest BCUT2D eigenvalue weighted by Gasteiger charge is -2.36. The minimum Gasteiger partial charge on any atom is -1.00 e. The molecule has 178 valence electrons. The summed E-state index contributed by atoms with van der Waals surface area (Å²) in [6.07, 6.45) is 26.4. The Labute approximate surface area is 204 Å². The highest BCUT2D eigenvalue weighted by Gasteiger charge is 2.21. The smallest absolute Gasteiger partial charge is 0.0884 e. The number of hydrogen-bond donors (Lipinski definition) is 0. The van der Waals surface area contributed by atoms with Crippen molar-refractivity contribution >= 4 is 15.9 Å². The number of nitrogens with zero attached hydrogens (tertiary/aromatic N) is 1. The van der Waals surface area contributed by atoms with Gasteiger partial charge in [0, 0.05) is 0 Å². The standard InChI is InChI=1S/C26H55BrN.BrH/c1-4-7-8-9-10-11-12-13-14-15-16-17-18-19-20-21-22-23-25-28(5-2,6-3)26-24-27;/h4-26H2,1-3H3;1H/q+1;/p-1. The lowest BCUT2D eigenvalue weighted by Crippen LogP contribution is -3.00. The number of unbranched alkanes of at least 4 members (excludes halogenated alkanes) is 17. The molecule has 29 heavy (non-hydrogen) atoms. The summed E-state index contributed by atoms with van der Waals surface area (Å²) in [4.78, 5) is 0. The topological polar surface area (TPSA) is 0 Å². The number of quaternary nitrogens is 1. The van der Waals surface area contributed by atoms with Gasteiger partial charge in [-0.3, -0.25) is 0 Å². The van der Waals surface area contributed by atoms with Crippen LogP contribution in [0.2, 0.25) is 0 Å². The molecule has 0 aliphatic rings. The SMILES string of the molecule is CCCCCCCCCCCCCCCCCCCC[N+](CC)(CC)CCBr.[Br-]. The quantitative estimate of drug-likeness (QED) is 0.0811. The highest BCUT2D eigenvalue weighted by molar-refractivity contribution is 9.09. The van der Waals surface area contributed by atoms with Crippen molar-refractivity contribution in [3.63, 3.8) is 0 Å². The zero-order valence-corrected chi connectivity index (χ0v) is 23.6. The normalized spacial score (nSPS) is 11.6. The summed E-state index contributed by atoms with van der Waals surface area (Å²) in [5.41, 5.74) is 0. The molecule has 0 aromatic rings. The van der Waals surface area contributed by atoms with Gasteiger partial charge in [-0.25, -0.2) is 0 Å². The van der Waals surface area contributed by atoms with Gasteiger partial charge in [-0.2, -0.15) is 0 Å². The van der Waals surface area contributed by atoms with E-state index in [1.54, 1.807) is 0 Å².